The van der Waals surface area contributed by atoms with Crippen LogP contribution in [0.25, 0.3) is 0 Å². The molecule has 0 bridgehead atoms. The van der Waals surface area contributed by atoms with Gasteiger partial charge in [0.05, 0.1) is 11.2 Å². The number of hydrogen-bond donors (Lipinski definition) is 0. The second kappa shape index (κ2) is 7.47. The van der Waals surface area contributed by atoms with Gasteiger partial charge in [-0.05, 0) is 44.0 Å². The van der Waals surface area contributed by atoms with Crippen LogP contribution in [0.1, 0.15) is 19.3 Å². The maximum Gasteiger partial charge on any atom is 0.243 e. The molecule has 0 saturated carbocycles. The molecular weight excluding hydrogens is 312 g/mol. The van der Waals surface area contributed by atoms with E-state index >= 15 is 0 Å². The van der Waals surface area contributed by atoms with E-state index in [2.05, 4.69) is 4.90 Å². The third-order valence-electron chi connectivity index (χ3n) is 4.41. The number of allylic oxidation sites excluding steroid dienone is 1. The molecule has 0 N–H and O–H groups in total. The van der Waals surface area contributed by atoms with Crippen LogP contribution in [-0.2, 0) is 14.8 Å². The van der Waals surface area contributed by atoms with Gasteiger partial charge in [0, 0.05) is 26.2 Å². The first-order chi connectivity index (χ1) is 11.2. The molecule has 2 aliphatic heterocycles. The molecule has 1 unspecified atom stereocenters. The van der Waals surface area contributed by atoms with E-state index in [-0.39, 0.29) is 6.10 Å². The second-order valence-electron chi connectivity index (χ2n) is 6.08. The molecule has 0 aliphatic carbocycles. The lowest BCUT2D eigenvalue weighted by Gasteiger charge is -2.27. The van der Waals surface area contributed by atoms with Gasteiger partial charge in [-0.3, -0.25) is 4.90 Å². The van der Waals surface area contributed by atoms with Crippen LogP contribution in [-0.4, -0.2) is 56.5 Å². The predicted octanol–water partition coefficient (Wildman–Crippen LogP) is 2.08. The van der Waals surface area contributed by atoms with Crippen LogP contribution >= 0.6 is 0 Å². The van der Waals surface area contributed by atoms with Crippen molar-refractivity contribution in [1.29, 1.82) is 0 Å². The first-order valence-corrected chi connectivity index (χ1v) is 9.68. The maximum absolute atomic E-state index is 12.7. The number of ether oxygens (including phenoxy) is 1. The molecule has 1 fully saturated rings. The SMILES string of the molecule is O=S(=O)(c1ccccc1)N1CCCN(CC2CCC=CO2)CC1. The topological polar surface area (TPSA) is 49.9 Å². The van der Waals surface area contributed by atoms with Crippen LogP contribution in [0, 0.1) is 0 Å². The van der Waals surface area contributed by atoms with E-state index in [1.165, 1.54) is 0 Å². The fourth-order valence-electron chi connectivity index (χ4n) is 3.12. The molecule has 1 aromatic carbocycles. The van der Waals surface area contributed by atoms with Crippen molar-refractivity contribution in [3.8, 4) is 0 Å². The monoisotopic (exact) mass is 336 g/mol. The zero-order valence-corrected chi connectivity index (χ0v) is 14.1. The highest BCUT2D eigenvalue weighted by atomic mass is 32.2. The standard InChI is InChI=1S/C17H24N2O3S/c20-23(21,17-8-2-1-3-9-17)19-11-6-10-18(12-13-19)15-16-7-4-5-14-22-16/h1-3,5,8-9,14,16H,4,6-7,10-13,15H2. The highest BCUT2D eigenvalue weighted by Gasteiger charge is 2.27. The van der Waals surface area contributed by atoms with Crippen LogP contribution in [0.5, 0.6) is 0 Å². The highest BCUT2D eigenvalue weighted by Crippen LogP contribution is 2.18. The lowest BCUT2D eigenvalue weighted by atomic mass is 10.1. The van der Waals surface area contributed by atoms with E-state index in [1.807, 2.05) is 12.1 Å². The lowest BCUT2D eigenvalue weighted by Crippen LogP contribution is -2.38. The molecule has 1 atom stereocenters. The fraction of sp³-hybridized carbons (Fsp3) is 0.529. The Morgan fingerprint density at radius 2 is 1.91 bits per heavy atom. The van der Waals surface area contributed by atoms with E-state index in [9.17, 15) is 8.42 Å². The highest BCUT2D eigenvalue weighted by molar-refractivity contribution is 7.89. The Morgan fingerprint density at radius 3 is 2.65 bits per heavy atom. The summed E-state index contributed by atoms with van der Waals surface area (Å²) in [5.74, 6) is 0. The van der Waals surface area contributed by atoms with Gasteiger partial charge in [0.2, 0.25) is 10.0 Å². The summed E-state index contributed by atoms with van der Waals surface area (Å²) in [6, 6.07) is 8.71. The minimum absolute atomic E-state index is 0.234. The van der Waals surface area contributed by atoms with Gasteiger partial charge in [-0.2, -0.15) is 4.31 Å². The van der Waals surface area contributed by atoms with E-state index in [0.717, 1.165) is 38.9 Å². The van der Waals surface area contributed by atoms with Crippen LogP contribution < -0.4 is 0 Å². The molecule has 0 spiro atoms. The molecule has 5 nitrogen and oxygen atoms in total. The zero-order valence-electron chi connectivity index (χ0n) is 13.3. The molecule has 0 aromatic heterocycles. The number of hydrogen-bond acceptors (Lipinski definition) is 4. The van der Waals surface area contributed by atoms with Crippen molar-refractivity contribution >= 4 is 10.0 Å². The van der Waals surface area contributed by atoms with Crippen molar-refractivity contribution in [3.05, 3.63) is 42.7 Å². The van der Waals surface area contributed by atoms with Gasteiger partial charge in [0.1, 0.15) is 6.10 Å². The normalized spacial score (nSPS) is 24.1. The Bertz CT molecular complexity index is 630. The molecule has 23 heavy (non-hydrogen) atoms. The number of sulfonamides is 1. The second-order valence-corrected chi connectivity index (χ2v) is 8.02. The number of benzene rings is 1. The van der Waals surface area contributed by atoms with Gasteiger partial charge in [-0.25, -0.2) is 8.42 Å². The summed E-state index contributed by atoms with van der Waals surface area (Å²) in [6.45, 7) is 3.68. The summed E-state index contributed by atoms with van der Waals surface area (Å²) in [5, 5.41) is 0. The fourth-order valence-corrected chi connectivity index (χ4v) is 4.61. The number of rotatable bonds is 4. The summed E-state index contributed by atoms with van der Waals surface area (Å²) in [6.07, 6.45) is 7.03. The van der Waals surface area contributed by atoms with Crippen molar-refractivity contribution in [2.45, 2.75) is 30.3 Å². The van der Waals surface area contributed by atoms with Gasteiger partial charge in [-0.1, -0.05) is 18.2 Å². The smallest absolute Gasteiger partial charge is 0.243 e. The van der Waals surface area contributed by atoms with Gasteiger partial charge < -0.3 is 4.74 Å². The molecule has 2 heterocycles. The van der Waals surface area contributed by atoms with Crippen molar-refractivity contribution in [1.82, 2.24) is 9.21 Å². The van der Waals surface area contributed by atoms with Crippen LogP contribution in [0.2, 0.25) is 0 Å². The molecule has 126 valence electrons. The average Bonchev–Trinajstić information content (AvgIpc) is 2.83. The Kier molecular flexibility index (Phi) is 5.35. The Morgan fingerprint density at radius 1 is 1.09 bits per heavy atom. The summed E-state index contributed by atoms with van der Waals surface area (Å²) >= 11 is 0. The summed E-state index contributed by atoms with van der Waals surface area (Å²) in [4.78, 5) is 2.71. The molecule has 0 amide bonds. The molecule has 3 rings (SSSR count). The maximum atomic E-state index is 12.7. The minimum atomic E-state index is -3.38. The number of nitrogens with zero attached hydrogens (tertiary/aromatic N) is 2. The summed E-state index contributed by atoms with van der Waals surface area (Å²) in [5.41, 5.74) is 0. The largest absolute Gasteiger partial charge is 0.497 e. The molecule has 1 aromatic rings. The van der Waals surface area contributed by atoms with Gasteiger partial charge >= 0.3 is 0 Å². The first kappa shape index (κ1) is 16.5. The predicted molar refractivity (Wildman–Crippen MR) is 89.5 cm³/mol. The van der Waals surface area contributed by atoms with E-state index in [1.54, 1.807) is 34.8 Å². The zero-order chi connectivity index (χ0) is 16.1. The molecule has 6 heteroatoms. The van der Waals surface area contributed by atoms with Crippen LogP contribution in [0.3, 0.4) is 0 Å². The van der Waals surface area contributed by atoms with E-state index < -0.39 is 10.0 Å². The lowest BCUT2D eigenvalue weighted by molar-refractivity contribution is 0.0809. The van der Waals surface area contributed by atoms with Gasteiger partial charge in [-0.15, -0.1) is 0 Å². The average molecular weight is 336 g/mol. The molecule has 1 saturated heterocycles. The first-order valence-electron chi connectivity index (χ1n) is 8.24. The Hall–Kier alpha value is -1.37. The van der Waals surface area contributed by atoms with E-state index in [4.69, 9.17) is 4.74 Å². The van der Waals surface area contributed by atoms with Crippen molar-refractivity contribution in [3.63, 3.8) is 0 Å². The van der Waals surface area contributed by atoms with Crippen LogP contribution in [0.4, 0.5) is 0 Å². The van der Waals surface area contributed by atoms with Crippen molar-refractivity contribution < 1.29 is 13.2 Å². The van der Waals surface area contributed by atoms with Crippen molar-refractivity contribution in [2.75, 3.05) is 32.7 Å². The molecule has 0 radical (unpaired) electrons. The summed E-state index contributed by atoms with van der Waals surface area (Å²) in [7, 11) is -3.38. The minimum Gasteiger partial charge on any atom is -0.497 e. The summed E-state index contributed by atoms with van der Waals surface area (Å²) < 4.78 is 32.7. The molecule has 2 aliphatic rings. The van der Waals surface area contributed by atoms with Gasteiger partial charge in [0.15, 0.2) is 0 Å². The Labute approximate surface area is 138 Å². The quantitative estimate of drug-likeness (QED) is 0.845. The van der Waals surface area contributed by atoms with Crippen molar-refractivity contribution in [2.24, 2.45) is 0 Å². The third kappa shape index (κ3) is 4.13. The third-order valence-corrected chi connectivity index (χ3v) is 6.33. The Balaban J connectivity index is 1.61. The van der Waals surface area contributed by atoms with Crippen LogP contribution in [0.15, 0.2) is 47.6 Å². The van der Waals surface area contributed by atoms with Gasteiger partial charge in [0.25, 0.3) is 0 Å². The molecular formula is C17H24N2O3S. The van der Waals surface area contributed by atoms with E-state index in [0.29, 0.717) is 18.0 Å².